The molecule has 11 nitrogen and oxygen atoms in total. The van der Waals surface area contributed by atoms with E-state index in [-0.39, 0.29) is 42.5 Å². The highest BCUT2D eigenvalue weighted by Crippen LogP contribution is 2.32. The van der Waals surface area contributed by atoms with Crippen molar-refractivity contribution in [2.24, 2.45) is 0 Å². The van der Waals surface area contributed by atoms with Gasteiger partial charge in [-0.1, -0.05) is 0 Å². The minimum absolute atomic E-state index is 0.0403. The monoisotopic (exact) mass is 489 g/mol. The van der Waals surface area contributed by atoms with Crippen LogP contribution >= 0.6 is 0 Å². The highest BCUT2D eigenvalue weighted by molar-refractivity contribution is 5.58. The summed E-state index contributed by atoms with van der Waals surface area (Å²) in [6.07, 6.45) is 3.19. The molecular formula is C21H22F3N9O2. The molecule has 0 bridgehead atoms. The van der Waals surface area contributed by atoms with Gasteiger partial charge in [0.1, 0.15) is 11.5 Å². The number of rotatable bonds is 6. The fraction of sp³-hybridized carbons (Fsp3) is 0.381. The number of H-pyrrole nitrogens is 1. The first-order valence-corrected chi connectivity index (χ1v) is 10.8. The standard InChI is InChI=1S/C21H22F3N9O2/c1-12-10-33(20(35-5-4-34)18(30-12)13-6-28-29-7-13)16-2-3-25-19(31-16)14-8-27-17-9-26-15(11-32(14)17)21(22,23)24/h2-3,6-9,11-12,18,20,30,34H,4-5,10H2,1H3,(H,28,29). The van der Waals surface area contributed by atoms with Gasteiger partial charge in [0.25, 0.3) is 0 Å². The predicted molar refractivity (Wildman–Crippen MR) is 117 cm³/mol. The number of aliphatic hydroxyl groups excluding tert-OH is 1. The van der Waals surface area contributed by atoms with Gasteiger partial charge in [-0.25, -0.2) is 19.9 Å². The number of hydrogen-bond donors (Lipinski definition) is 3. The zero-order chi connectivity index (χ0) is 24.6. The molecule has 3 unspecified atom stereocenters. The quantitative estimate of drug-likeness (QED) is 0.371. The molecule has 1 aliphatic heterocycles. The van der Waals surface area contributed by atoms with E-state index in [0.29, 0.717) is 12.4 Å². The number of anilines is 1. The zero-order valence-electron chi connectivity index (χ0n) is 18.5. The van der Waals surface area contributed by atoms with Crippen molar-refractivity contribution in [3.63, 3.8) is 0 Å². The smallest absolute Gasteiger partial charge is 0.394 e. The van der Waals surface area contributed by atoms with E-state index in [1.165, 1.54) is 16.8 Å². The zero-order valence-corrected chi connectivity index (χ0v) is 18.5. The molecule has 0 amide bonds. The molecule has 1 saturated heterocycles. The van der Waals surface area contributed by atoms with Crippen LogP contribution in [0.25, 0.3) is 17.2 Å². The lowest BCUT2D eigenvalue weighted by molar-refractivity contribution is -0.141. The Bertz CT molecular complexity index is 1290. The molecule has 4 aromatic heterocycles. The Balaban J connectivity index is 1.54. The summed E-state index contributed by atoms with van der Waals surface area (Å²) >= 11 is 0. The molecule has 0 spiro atoms. The van der Waals surface area contributed by atoms with Crippen molar-refractivity contribution in [2.45, 2.75) is 31.4 Å². The van der Waals surface area contributed by atoms with Crippen molar-refractivity contribution in [2.75, 3.05) is 24.7 Å². The van der Waals surface area contributed by atoms with Crippen LogP contribution in [0, 0.1) is 0 Å². The molecule has 0 saturated carbocycles. The van der Waals surface area contributed by atoms with Crippen LogP contribution in [0.4, 0.5) is 19.0 Å². The van der Waals surface area contributed by atoms with E-state index in [1.807, 2.05) is 11.8 Å². The first-order chi connectivity index (χ1) is 16.8. The third-order valence-corrected chi connectivity index (χ3v) is 5.64. The van der Waals surface area contributed by atoms with Crippen LogP contribution in [0.3, 0.4) is 0 Å². The van der Waals surface area contributed by atoms with Gasteiger partial charge in [0.15, 0.2) is 23.4 Å². The molecule has 1 aliphatic rings. The number of nitrogens with one attached hydrogen (secondary N) is 2. The largest absolute Gasteiger partial charge is 0.434 e. The first kappa shape index (κ1) is 23.1. The van der Waals surface area contributed by atoms with Gasteiger partial charge in [0.05, 0.1) is 37.8 Å². The molecule has 1 fully saturated rings. The number of fused-ring (bicyclic) bond motifs is 1. The Morgan fingerprint density at radius 3 is 2.80 bits per heavy atom. The lowest BCUT2D eigenvalue weighted by Gasteiger charge is -2.44. The van der Waals surface area contributed by atoms with Crippen molar-refractivity contribution in [1.29, 1.82) is 0 Å². The second-order valence-corrected chi connectivity index (χ2v) is 8.09. The Labute approximate surface area is 197 Å². The second-order valence-electron chi connectivity index (χ2n) is 8.09. The molecule has 3 atom stereocenters. The van der Waals surface area contributed by atoms with Crippen LogP contribution in [0.2, 0.25) is 0 Å². The van der Waals surface area contributed by atoms with Crippen LogP contribution in [0.15, 0.2) is 43.2 Å². The van der Waals surface area contributed by atoms with Crippen molar-refractivity contribution >= 4 is 11.5 Å². The van der Waals surface area contributed by atoms with Gasteiger partial charge >= 0.3 is 6.18 Å². The SMILES string of the molecule is CC1CN(c2ccnc(-c3cnc4cnc(C(F)(F)F)cn34)n2)C(OCCO)C(c2cn[nH]c2)N1. The van der Waals surface area contributed by atoms with Crippen molar-refractivity contribution in [3.05, 3.63) is 54.5 Å². The minimum atomic E-state index is -4.60. The lowest BCUT2D eigenvalue weighted by atomic mass is 10.0. The highest BCUT2D eigenvalue weighted by Gasteiger charge is 2.37. The fourth-order valence-corrected chi connectivity index (χ4v) is 4.13. The Kier molecular flexibility index (Phi) is 6.08. The van der Waals surface area contributed by atoms with Crippen LogP contribution < -0.4 is 10.2 Å². The van der Waals surface area contributed by atoms with Crippen molar-refractivity contribution in [1.82, 2.24) is 39.9 Å². The second kappa shape index (κ2) is 9.20. The number of ether oxygens (including phenoxy) is 1. The maximum atomic E-state index is 13.2. The summed E-state index contributed by atoms with van der Waals surface area (Å²) in [7, 11) is 0. The predicted octanol–water partition coefficient (Wildman–Crippen LogP) is 1.80. The third-order valence-electron chi connectivity index (χ3n) is 5.64. The molecular weight excluding hydrogens is 467 g/mol. The molecule has 184 valence electrons. The molecule has 5 heterocycles. The Morgan fingerprint density at radius 2 is 2.06 bits per heavy atom. The number of piperazine rings is 1. The number of halogens is 3. The van der Waals surface area contributed by atoms with E-state index in [9.17, 15) is 18.3 Å². The van der Waals surface area contributed by atoms with Crippen LogP contribution in [-0.4, -0.2) is 71.7 Å². The maximum absolute atomic E-state index is 13.2. The minimum Gasteiger partial charge on any atom is -0.394 e. The van der Waals surface area contributed by atoms with Gasteiger partial charge in [-0.2, -0.15) is 18.3 Å². The summed E-state index contributed by atoms with van der Waals surface area (Å²) < 4.78 is 46.9. The fourth-order valence-electron chi connectivity index (χ4n) is 4.13. The molecule has 0 aliphatic carbocycles. The van der Waals surface area contributed by atoms with Crippen LogP contribution in [0.1, 0.15) is 24.2 Å². The first-order valence-electron chi connectivity index (χ1n) is 10.8. The van der Waals surface area contributed by atoms with E-state index in [4.69, 9.17) is 4.74 Å². The van der Waals surface area contributed by atoms with E-state index in [2.05, 4.69) is 35.5 Å². The molecule has 0 radical (unpaired) electrons. The molecule has 14 heteroatoms. The normalized spacial score (nSPS) is 21.1. The van der Waals surface area contributed by atoms with E-state index < -0.39 is 18.1 Å². The molecule has 35 heavy (non-hydrogen) atoms. The summed E-state index contributed by atoms with van der Waals surface area (Å²) in [6.45, 7) is 2.48. The number of aromatic nitrogens is 7. The number of nitrogens with zero attached hydrogens (tertiary/aromatic N) is 7. The van der Waals surface area contributed by atoms with Gasteiger partial charge in [-0.15, -0.1) is 0 Å². The van der Waals surface area contributed by atoms with Crippen LogP contribution in [-0.2, 0) is 10.9 Å². The van der Waals surface area contributed by atoms with Crippen molar-refractivity contribution in [3.8, 4) is 11.5 Å². The van der Waals surface area contributed by atoms with E-state index >= 15 is 0 Å². The topological polar surface area (TPSA) is 129 Å². The van der Waals surface area contributed by atoms with Gasteiger partial charge < -0.3 is 20.1 Å². The number of alkyl halides is 3. The highest BCUT2D eigenvalue weighted by atomic mass is 19.4. The van der Waals surface area contributed by atoms with Gasteiger partial charge in [-0.05, 0) is 13.0 Å². The van der Waals surface area contributed by atoms with E-state index in [0.717, 1.165) is 18.0 Å². The average Bonchev–Trinajstić information content (AvgIpc) is 3.52. The molecule has 4 aromatic rings. The lowest BCUT2D eigenvalue weighted by Crippen LogP contribution is -2.58. The average molecular weight is 489 g/mol. The summed E-state index contributed by atoms with van der Waals surface area (Å²) in [4.78, 5) is 18.5. The molecule has 5 rings (SSSR count). The molecule has 0 aromatic carbocycles. The third kappa shape index (κ3) is 4.54. The van der Waals surface area contributed by atoms with Gasteiger partial charge in [0, 0.05) is 36.7 Å². The van der Waals surface area contributed by atoms with E-state index in [1.54, 1.807) is 18.5 Å². The number of hydrogen-bond acceptors (Lipinski definition) is 9. The van der Waals surface area contributed by atoms with Gasteiger partial charge in [-0.3, -0.25) is 9.50 Å². The van der Waals surface area contributed by atoms with Crippen molar-refractivity contribution < 1.29 is 23.0 Å². The maximum Gasteiger partial charge on any atom is 0.434 e. The number of aliphatic hydroxyl groups is 1. The number of imidazole rings is 1. The Hall–Kier alpha value is -3.62. The molecule has 3 N–H and O–H groups in total. The summed E-state index contributed by atoms with van der Waals surface area (Å²) in [5.74, 6) is 0.709. The summed E-state index contributed by atoms with van der Waals surface area (Å²) in [6, 6.07) is 1.46. The Morgan fingerprint density at radius 1 is 1.20 bits per heavy atom. The summed E-state index contributed by atoms with van der Waals surface area (Å²) in [5, 5.41) is 19.7. The van der Waals surface area contributed by atoms with Crippen LogP contribution in [0.5, 0.6) is 0 Å². The van der Waals surface area contributed by atoms with Gasteiger partial charge in [0.2, 0.25) is 0 Å². The summed E-state index contributed by atoms with van der Waals surface area (Å²) in [5.41, 5.74) is 0.351. The number of aromatic amines is 1.